The predicted molar refractivity (Wildman–Crippen MR) is 94.1 cm³/mol. The van der Waals surface area contributed by atoms with E-state index in [2.05, 4.69) is 17.2 Å². The molecule has 1 N–H and O–H groups in total. The topological polar surface area (TPSA) is 56.8 Å². The Morgan fingerprint density at radius 2 is 1.93 bits per heavy atom. The summed E-state index contributed by atoms with van der Waals surface area (Å²) < 4.78 is 54.1. The molecule has 1 unspecified atom stereocenters. The summed E-state index contributed by atoms with van der Waals surface area (Å²) in [7, 11) is 0. The fraction of sp³-hybridized carbons (Fsp3) is 0.250. The minimum atomic E-state index is -4.43. The number of carbonyl (C=O) groups is 1. The number of amides is 1. The maximum atomic E-state index is 12.6. The lowest BCUT2D eigenvalue weighted by Crippen LogP contribution is -2.44. The Morgan fingerprint density at radius 3 is 2.71 bits per heavy atom. The number of fused-ring (bicyclic) bond motifs is 1. The highest BCUT2D eigenvalue weighted by molar-refractivity contribution is 5.82. The van der Waals surface area contributed by atoms with Gasteiger partial charge >= 0.3 is 6.18 Å². The summed E-state index contributed by atoms with van der Waals surface area (Å²) in [4.78, 5) is 12.1. The first-order valence-corrected chi connectivity index (χ1v) is 8.35. The molecule has 1 aliphatic heterocycles. The number of alkyl halides is 3. The number of hydrogen-bond donors (Lipinski definition) is 1. The molecule has 0 spiro atoms. The normalized spacial score (nSPS) is 15.2. The van der Waals surface area contributed by atoms with Crippen molar-refractivity contribution in [1.29, 1.82) is 0 Å². The van der Waals surface area contributed by atoms with Gasteiger partial charge in [-0.05, 0) is 30.3 Å². The Hall–Kier alpha value is -3.34. The molecular formula is C20H16F3NO4. The van der Waals surface area contributed by atoms with Crippen LogP contribution in [0.4, 0.5) is 13.2 Å². The first kappa shape index (κ1) is 19.4. The van der Waals surface area contributed by atoms with E-state index in [9.17, 15) is 18.0 Å². The van der Waals surface area contributed by atoms with Crippen molar-refractivity contribution in [3.63, 3.8) is 0 Å². The van der Waals surface area contributed by atoms with Gasteiger partial charge in [0.25, 0.3) is 5.91 Å². The van der Waals surface area contributed by atoms with Gasteiger partial charge in [-0.25, -0.2) is 0 Å². The van der Waals surface area contributed by atoms with E-state index in [4.69, 9.17) is 14.2 Å². The number of benzene rings is 2. The van der Waals surface area contributed by atoms with Gasteiger partial charge in [0.15, 0.2) is 11.5 Å². The minimum absolute atomic E-state index is 0.0479. The molecule has 1 atom stereocenters. The van der Waals surface area contributed by atoms with Gasteiger partial charge in [0.05, 0.1) is 12.1 Å². The molecule has 2 aromatic rings. The highest BCUT2D eigenvalue weighted by Crippen LogP contribution is 2.31. The second kappa shape index (κ2) is 8.57. The summed E-state index contributed by atoms with van der Waals surface area (Å²) >= 11 is 0. The van der Waals surface area contributed by atoms with Crippen molar-refractivity contribution in [2.75, 3.05) is 19.8 Å². The lowest BCUT2D eigenvalue weighted by atomic mass is 10.2. The molecule has 8 heteroatoms. The van der Waals surface area contributed by atoms with E-state index in [1.807, 2.05) is 0 Å². The standard InChI is InChI=1S/C20H16F3NO4/c21-20(22,23)14-6-5-7-15(12-14)26-11-4-3-10-24-19(25)18-13-27-16-8-1-2-9-17(16)28-18/h1-2,5-9,12,18H,10-11,13H2,(H,24,25). The molecule has 28 heavy (non-hydrogen) atoms. The quantitative estimate of drug-likeness (QED) is 0.814. The Balaban J connectivity index is 1.42. The van der Waals surface area contributed by atoms with Crippen molar-refractivity contribution in [1.82, 2.24) is 5.32 Å². The number of para-hydroxylation sites is 2. The van der Waals surface area contributed by atoms with Gasteiger partial charge in [-0.1, -0.05) is 30.0 Å². The molecule has 0 fully saturated rings. The Labute approximate surface area is 159 Å². The van der Waals surface area contributed by atoms with Gasteiger partial charge in [-0.2, -0.15) is 13.2 Å². The maximum Gasteiger partial charge on any atom is 0.416 e. The van der Waals surface area contributed by atoms with Gasteiger partial charge < -0.3 is 19.5 Å². The zero-order valence-corrected chi connectivity index (χ0v) is 14.6. The van der Waals surface area contributed by atoms with Crippen LogP contribution in [0, 0.1) is 11.8 Å². The van der Waals surface area contributed by atoms with E-state index in [0.29, 0.717) is 11.5 Å². The third-order valence-corrected chi connectivity index (χ3v) is 3.75. The maximum absolute atomic E-state index is 12.6. The van der Waals surface area contributed by atoms with Crippen LogP contribution >= 0.6 is 0 Å². The third-order valence-electron chi connectivity index (χ3n) is 3.75. The van der Waals surface area contributed by atoms with Crippen LogP contribution in [0.2, 0.25) is 0 Å². The fourth-order valence-electron chi connectivity index (χ4n) is 2.39. The number of nitrogens with one attached hydrogen (secondary N) is 1. The Kier molecular flexibility index (Phi) is 5.94. The molecule has 2 aromatic carbocycles. The summed E-state index contributed by atoms with van der Waals surface area (Å²) in [5.41, 5.74) is -0.790. The third kappa shape index (κ3) is 5.10. The van der Waals surface area contributed by atoms with E-state index in [1.165, 1.54) is 12.1 Å². The summed E-state index contributed by atoms with van der Waals surface area (Å²) in [6.07, 6.45) is -5.21. The van der Waals surface area contributed by atoms with Crippen LogP contribution in [0.15, 0.2) is 48.5 Å². The lowest BCUT2D eigenvalue weighted by Gasteiger charge is -2.25. The summed E-state index contributed by atoms with van der Waals surface area (Å²) in [5.74, 6) is 6.06. The van der Waals surface area contributed by atoms with Crippen molar-refractivity contribution < 1.29 is 32.2 Å². The zero-order chi connectivity index (χ0) is 20.0. The molecule has 0 radical (unpaired) electrons. The van der Waals surface area contributed by atoms with Gasteiger partial charge in [0.1, 0.15) is 19.0 Å². The first-order valence-electron chi connectivity index (χ1n) is 8.35. The molecule has 3 rings (SSSR count). The van der Waals surface area contributed by atoms with Crippen molar-refractivity contribution in [3.8, 4) is 29.1 Å². The number of ether oxygens (including phenoxy) is 3. The van der Waals surface area contributed by atoms with E-state index in [1.54, 1.807) is 24.3 Å². The average Bonchev–Trinajstić information content (AvgIpc) is 2.69. The SMILES string of the molecule is O=C(NCC#CCOc1cccc(C(F)(F)F)c1)C1COc2ccccc2O1. The predicted octanol–water partition coefficient (Wildman–Crippen LogP) is 3.04. The number of carbonyl (C=O) groups excluding carboxylic acids is 1. The first-order chi connectivity index (χ1) is 13.4. The molecule has 0 saturated carbocycles. The largest absolute Gasteiger partial charge is 0.485 e. The molecule has 0 bridgehead atoms. The van der Waals surface area contributed by atoms with Crippen LogP contribution in [0.25, 0.3) is 0 Å². The molecular weight excluding hydrogens is 375 g/mol. The van der Waals surface area contributed by atoms with Gasteiger partial charge in [0.2, 0.25) is 6.10 Å². The van der Waals surface area contributed by atoms with Crippen LogP contribution in [0.1, 0.15) is 5.56 Å². The molecule has 146 valence electrons. The molecule has 5 nitrogen and oxygen atoms in total. The lowest BCUT2D eigenvalue weighted by molar-refractivity contribution is -0.137. The summed E-state index contributed by atoms with van der Waals surface area (Å²) in [5, 5.41) is 2.59. The molecule has 1 heterocycles. The summed E-state index contributed by atoms with van der Waals surface area (Å²) in [6.45, 7) is 0.0365. The number of rotatable bonds is 4. The minimum Gasteiger partial charge on any atom is -0.485 e. The van der Waals surface area contributed by atoms with Crippen LogP contribution < -0.4 is 19.5 Å². The van der Waals surface area contributed by atoms with Crippen LogP contribution in [0.3, 0.4) is 0 Å². The second-order valence-corrected chi connectivity index (χ2v) is 5.75. The molecule has 0 saturated heterocycles. The van der Waals surface area contributed by atoms with Crippen molar-refractivity contribution in [2.24, 2.45) is 0 Å². The van der Waals surface area contributed by atoms with E-state index in [-0.39, 0.29) is 31.4 Å². The zero-order valence-electron chi connectivity index (χ0n) is 14.6. The molecule has 1 aliphatic rings. The molecule has 0 aliphatic carbocycles. The van der Waals surface area contributed by atoms with Crippen LogP contribution in [-0.4, -0.2) is 31.8 Å². The van der Waals surface area contributed by atoms with Crippen molar-refractivity contribution in [3.05, 3.63) is 54.1 Å². The molecule has 1 amide bonds. The van der Waals surface area contributed by atoms with E-state index in [0.717, 1.165) is 12.1 Å². The molecule has 0 aromatic heterocycles. The highest BCUT2D eigenvalue weighted by Gasteiger charge is 2.30. The van der Waals surface area contributed by atoms with Crippen LogP contribution in [0.5, 0.6) is 17.2 Å². The second-order valence-electron chi connectivity index (χ2n) is 5.75. The highest BCUT2D eigenvalue weighted by atomic mass is 19.4. The van der Waals surface area contributed by atoms with Gasteiger partial charge in [-0.15, -0.1) is 0 Å². The summed E-state index contributed by atoms with van der Waals surface area (Å²) in [6, 6.07) is 11.6. The fourth-order valence-corrected chi connectivity index (χ4v) is 2.39. The Morgan fingerprint density at radius 1 is 1.14 bits per heavy atom. The number of hydrogen-bond acceptors (Lipinski definition) is 4. The van der Waals surface area contributed by atoms with E-state index >= 15 is 0 Å². The smallest absolute Gasteiger partial charge is 0.416 e. The van der Waals surface area contributed by atoms with Crippen molar-refractivity contribution in [2.45, 2.75) is 12.3 Å². The van der Waals surface area contributed by atoms with Crippen molar-refractivity contribution >= 4 is 5.91 Å². The average molecular weight is 391 g/mol. The number of halogens is 3. The van der Waals surface area contributed by atoms with Gasteiger partial charge in [0, 0.05) is 0 Å². The van der Waals surface area contributed by atoms with E-state index < -0.39 is 17.8 Å². The Bertz CT molecular complexity index is 902. The van der Waals surface area contributed by atoms with Crippen LogP contribution in [-0.2, 0) is 11.0 Å². The monoisotopic (exact) mass is 391 g/mol. The van der Waals surface area contributed by atoms with Gasteiger partial charge in [-0.3, -0.25) is 4.79 Å².